The van der Waals surface area contributed by atoms with E-state index in [4.69, 9.17) is 16.4 Å². The fourth-order valence-corrected chi connectivity index (χ4v) is 3.89. The van der Waals surface area contributed by atoms with E-state index in [1.54, 1.807) is 50.1 Å². The van der Waals surface area contributed by atoms with Gasteiger partial charge in [-0.1, -0.05) is 29.8 Å². The van der Waals surface area contributed by atoms with Crippen molar-refractivity contribution >= 4 is 27.7 Å². The first kappa shape index (κ1) is 27.3. The first-order valence-corrected chi connectivity index (χ1v) is 12.5. The monoisotopic (exact) mass is 534 g/mol. The summed E-state index contributed by atoms with van der Waals surface area (Å²) in [6, 6.07) is 10.9. The largest absolute Gasteiger partial charge is 0.534 e. The van der Waals surface area contributed by atoms with E-state index in [-0.39, 0.29) is 5.97 Å². The van der Waals surface area contributed by atoms with Crippen molar-refractivity contribution in [2.45, 2.75) is 32.8 Å². The Morgan fingerprint density at radius 3 is 2.14 bits per heavy atom. The number of benzene rings is 2. The first-order chi connectivity index (χ1) is 16.2. The average Bonchev–Trinajstić information content (AvgIpc) is 2.74. The summed E-state index contributed by atoms with van der Waals surface area (Å²) in [7, 11) is -5.80. The molecule has 2 aromatic rings. The molecule has 0 saturated carbocycles. The second-order valence-corrected chi connectivity index (χ2v) is 11.1. The number of carbonyl (C=O) groups is 1. The molecule has 0 radical (unpaired) electrons. The van der Waals surface area contributed by atoms with Crippen LogP contribution in [0.25, 0.3) is 11.1 Å². The molecule has 0 N–H and O–H groups in total. The number of carbonyl (C=O) groups excluding carboxylic acids is 1. The van der Waals surface area contributed by atoms with Crippen LogP contribution in [0.3, 0.4) is 0 Å². The summed E-state index contributed by atoms with van der Waals surface area (Å²) >= 11 is 5.97. The van der Waals surface area contributed by atoms with Gasteiger partial charge in [0.1, 0.15) is 5.75 Å². The molecule has 35 heavy (non-hydrogen) atoms. The van der Waals surface area contributed by atoms with E-state index in [0.29, 0.717) is 48.9 Å². The molecule has 1 aliphatic heterocycles. The molecule has 2 aromatic carbocycles. The lowest BCUT2D eigenvalue weighted by Gasteiger charge is -2.34. The summed E-state index contributed by atoms with van der Waals surface area (Å²) in [6.45, 7) is 7.51. The van der Waals surface area contributed by atoms with Crippen molar-refractivity contribution in [2.75, 3.05) is 26.2 Å². The maximum Gasteiger partial charge on any atom is 0.534 e. The Kier molecular flexibility index (Phi) is 8.05. The molecule has 0 unspecified atom stereocenters. The van der Waals surface area contributed by atoms with Crippen molar-refractivity contribution in [1.29, 1.82) is 0 Å². The Labute approximate surface area is 207 Å². The molecule has 1 fully saturated rings. The maximum atomic E-state index is 12.8. The molecular formula is C23H26ClF3N2O5S. The second-order valence-electron chi connectivity index (χ2n) is 9.14. The molecule has 1 saturated heterocycles. The van der Waals surface area contributed by atoms with Crippen LogP contribution in [0.2, 0.25) is 5.02 Å². The van der Waals surface area contributed by atoms with E-state index in [1.807, 2.05) is 4.90 Å². The van der Waals surface area contributed by atoms with Crippen LogP contribution in [-0.4, -0.2) is 56.0 Å². The van der Waals surface area contributed by atoms with Gasteiger partial charge in [-0.3, -0.25) is 4.90 Å². The zero-order valence-electron chi connectivity index (χ0n) is 19.4. The molecule has 12 heteroatoms. The Balaban J connectivity index is 1.81. The molecule has 3 rings (SSSR count). The molecule has 7 nitrogen and oxygen atoms in total. The SMILES string of the molecule is CC(C)(C)C(=O)ON1CCN(Cc2cc(OS(=O)(=O)C(F)(F)F)ccc2-c2ccc(Cl)cc2)CC1. The fourth-order valence-electron chi connectivity index (χ4n) is 3.31. The molecule has 1 aliphatic rings. The van der Waals surface area contributed by atoms with Gasteiger partial charge in [-0.2, -0.15) is 21.6 Å². The van der Waals surface area contributed by atoms with Gasteiger partial charge < -0.3 is 9.02 Å². The number of piperazine rings is 1. The molecule has 0 amide bonds. The van der Waals surface area contributed by atoms with Crippen LogP contribution < -0.4 is 4.18 Å². The van der Waals surface area contributed by atoms with Crippen molar-refractivity contribution in [2.24, 2.45) is 5.41 Å². The summed E-state index contributed by atoms with van der Waals surface area (Å²) in [5.41, 5.74) is -4.15. The summed E-state index contributed by atoms with van der Waals surface area (Å²) in [6.07, 6.45) is 0. The van der Waals surface area contributed by atoms with Crippen molar-refractivity contribution in [3.63, 3.8) is 0 Å². The smallest absolute Gasteiger partial charge is 0.376 e. The molecule has 0 bridgehead atoms. The Morgan fingerprint density at radius 2 is 1.60 bits per heavy atom. The fraction of sp³-hybridized carbons (Fsp3) is 0.435. The molecule has 0 aromatic heterocycles. The van der Waals surface area contributed by atoms with Crippen molar-refractivity contribution in [3.05, 3.63) is 53.1 Å². The lowest BCUT2D eigenvalue weighted by molar-refractivity contribution is -0.207. The van der Waals surface area contributed by atoms with Gasteiger partial charge in [-0.05, 0) is 61.7 Å². The molecule has 0 atom stereocenters. The van der Waals surface area contributed by atoms with E-state index >= 15 is 0 Å². The van der Waals surface area contributed by atoms with E-state index in [2.05, 4.69) is 4.18 Å². The van der Waals surface area contributed by atoms with Gasteiger partial charge in [0.05, 0.1) is 5.41 Å². The molecular weight excluding hydrogens is 509 g/mol. The first-order valence-electron chi connectivity index (χ1n) is 10.7. The number of hydroxylamine groups is 2. The summed E-state index contributed by atoms with van der Waals surface area (Å²) in [4.78, 5) is 19.6. The van der Waals surface area contributed by atoms with Crippen LogP contribution in [0, 0.1) is 5.41 Å². The zero-order valence-corrected chi connectivity index (χ0v) is 21.0. The van der Waals surface area contributed by atoms with Crippen molar-refractivity contribution in [1.82, 2.24) is 9.96 Å². The zero-order chi connectivity index (χ0) is 26.0. The number of rotatable bonds is 6. The summed E-state index contributed by atoms with van der Waals surface area (Å²) in [5.74, 6) is -0.778. The quantitative estimate of drug-likeness (QED) is 0.387. The van der Waals surface area contributed by atoms with Gasteiger partial charge in [0.25, 0.3) is 0 Å². The van der Waals surface area contributed by atoms with Gasteiger partial charge in [0.15, 0.2) is 0 Å². The van der Waals surface area contributed by atoms with E-state index in [0.717, 1.165) is 5.56 Å². The van der Waals surface area contributed by atoms with Crippen LogP contribution in [-0.2, 0) is 26.3 Å². The Morgan fingerprint density at radius 1 is 1.00 bits per heavy atom. The lowest BCUT2D eigenvalue weighted by atomic mass is 9.98. The van der Waals surface area contributed by atoms with E-state index in [1.165, 1.54) is 18.2 Å². The molecule has 1 heterocycles. The highest BCUT2D eigenvalue weighted by molar-refractivity contribution is 7.88. The maximum absolute atomic E-state index is 12.8. The highest BCUT2D eigenvalue weighted by Gasteiger charge is 2.48. The molecule has 0 aliphatic carbocycles. The summed E-state index contributed by atoms with van der Waals surface area (Å²) in [5, 5.41) is 2.10. The number of hydrogen-bond donors (Lipinski definition) is 0. The van der Waals surface area contributed by atoms with Crippen LogP contribution >= 0.6 is 11.6 Å². The number of nitrogens with zero attached hydrogens (tertiary/aromatic N) is 2. The predicted octanol–water partition coefficient (Wildman–Crippen LogP) is 4.86. The van der Waals surface area contributed by atoms with Crippen LogP contribution in [0.5, 0.6) is 5.75 Å². The van der Waals surface area contributed by atoms with Crippen LogP contribution in [0.1, 0.15) is 26.3 Å². The van der Waals surface area contributed by atoms with Gasteiger partial charge in [-0.25, -0.2) is 4.79 Å². The molecule has 0 spiro atoms. The minimum absolute atomic E-state index is 0.308. The van der Waals surface area contributed by atoms with Gasteiger partial charge in [-0.15, -0.1) is 5.06 Å². The van der Waals surface area contributed by atoms with Crippen molar-refractivity contribution in [3.8, 4) is 16.9 Å². The standard InChI is InChI=1S/C23H26ClF3N2O5S/c1-22(2,3)21(30)33-29-12-10-28(11-13-29)15-17-14-19(34-35(31,32)23(25,26)27)8-9-20(17)16-4-6-18(24)7-5-16/h4-9,14H,10-13,15H2,1-3H3. The third kappa shape index (κ3) is 7.09. The van der Waals surface area contributed by atoms with E-state index in [9.17, 15) is 26.4 Å². The van der Waals surface area contributed by atoms with Crippen LogP contribution in [0.4, 0.5) is 13.2 Å². The summed E-state index contributed by atoms with van der Waals surface area (Å²) < 4.78 is 65.7. The molecule has 192 valence electrons. The number of hydrogen-bond acceptors (Lipinski definition) is 7. The highest BCUT2D eigenvalue weighted by Crippen LogP contribution is 2.32. The van der Waals surface area contributed by atoms with Gasteiger partial charge in [0, 0.05) is 37.7 Å². The average molecular weight is 535 g/mol. The Hall–Kier alpha value is -2.34. The Bertz CT molecular complexity index is 1160. The van der Waals surface area contributed by atoms with Crippen molar-refractivity contribution < 1.29 is 35.4 Å². The second kappa shape index (κ2) is 10.3. The van der Waals surface area contributed by atoms with Gasteiger partial charge >= 0.3 is 21.6 Å². The minimum atomic E-state index is -5.80. The lowest BCUT2D eigenvalue weighted by Crippen LogP contribution is -2.47. The predicted molar refractivity (Wildman–Crippen MR) is 125 cm³/mol. The highest BCUT2D eigenvalue weighted by atomic mass is 35.5. The third-order valence-electron chi connectivity index (χ3n) is 5.27. The van der Waals surface area contributed by atoms with Crippen LogP contribution in [0.15, 0.2) is 42.5 Å². The number of alkyl halides is 3. The van der Waals surface area contributed by atoms with E-state index < -0.39 is 26.8 Å². The third-order valence-corrected chi connectivity index (χ3v) is 6.50. The topological polar surface area (TPSA) is 76.2 Å². The minimum Gasteiger partial charge on any atom is -0.376 e. The number of halogens is 4. The normalized spacial score (nSPS) is 16.2. The van der Waals surface area contributed by atoms with Gasteiger partial charge in [0.2, 0.25) is 0 Å².